The quantitative estimate of drug-likeness (QED) is 0.552. The van der Waals surface area contributed by atoms with Gasteiger partial charge in [-0.1, -0.05) is 45.4 Å². The van der Waals surface area contributed by atoms with E-state index in [1.165, 1.54) is 38.5 Å². The molecule has 0 spiro atoms. The Morgan fingerprint density at radius 3 is 1.59 bits per heavy atom. The molecule has 123 valence electrons. The molecule has 5 rings (SSSR count). The van der Waals surface area contributed by atoms with Crippen molar-refractivity contribution in [3.8, 4) is 0 Å². The van der Waals surface area contributed by atoms with Crippen LogP contribution in [0.1, 0.15) is 96.8 Å². The van der Waals surface area contributed by atoms with Crippen LogP contribution in [-0.2, 0) is 0 Å². The summed E-state index contributed by atoms with van der Waals surface area (Å²) in [6.07, 6.45) is 21.8. The standard InChI is InChI=1S/C22H35/c1-21(17-14-15-17)20(16-8-7-9-16)22(21,19-12-5-6-13-19)18-10-3-2-4-11-18/h16-19H,2-15H2,1H3. The van der Waals surface area contributed by atoms with Crippen LogP contribution in [0.3, 0.4) is 0 Å². The van der Waals surface area contributed by atoms with Crippen LogP contribution in [0.15, 0.2) is 0 Å². The normalized spacial score (nSPS) is 45.1. The molecule has 5 aliphatic rings. The largest absolute Gasteiger partial charge is 0.0582 e. The van der Waals surface area contributed by atoms with Gasteiger partial charge in [0, 0.05) is 0 Å². The van der Waals surface area contributed by atoms with Crippen molar-refractivity contribution < 1.29 is 0 Å². The number of hydrogen-bond acceptors (Lipinski definition) is 0. The van der Waals surface area contributed by atoms with Gasteiger partial charge in [0.15, 0.2) is 0 Å². The van der Waals surface area contributed by atoms with Gasteiger partial charge < -0.3 is 0 Å². The van der Waals surface area contributed by atoms with E-state index in [4.69, 9.17) is 0 Å². The fourth-order valence-corrected chi connectivity index (χ4v) is 7.87. The smallest absolute Gasteiger partial charge is 0.00693 e. The van der Waals surface area contributed by atoms with E-state index >= 15 is 0 Å². The lowest BCUT2D eigenvalue weighted by molar-refractivity contribution is 0.0985. The third kappa shape index (κ3) is 1.71. The van der Waals surface area contributed by atoms with Crippen molar-refractivity contribution in [1.82, 2.24) is 0 Å². The minimum absolute atomic E-state index is 0.703. The molecular formula is C22H35. The lowest BCUT2D eigenvalue weighted by Crippen LogP contribution is -2.33. The Balaban J connectivity index is 1.53. The molecule has 2 unspecified atom stereocenters. The van der Waals surface area contributed by atoms with E-state index in [1.807, 2.05) is 0 Å². The van der Waals surface area contributed by atoms with Crippen LogP contribution < -0.4 is 0 Å². The van der Waals surface area contributed by atoms with E-state index in [9.17, 15) is 0 Å². The molecule has 0 nitrogen and oxygen atoms in total. The van der Waals surface area contributed by atoms with Crippen molar-refractivity contribution in [3.05, 3.63) is 5.92 Å². The van der Waals surface area contributed by atoms with Crippen LogP contribution in [-0.4, -0.2) is 0 Å². The second-order valence-electron chi connectivity index (χ2n) is 9.70. The zero-order valence-corrected chi connectivity index (χ0v) is 14.7. The molecule has 0 heteroatoms. The molecule has 0 bridgehead atoms. The lowest BCUT2D eigenvalue weighted by atomic mass is 9.64. The summed E-state index contributed by atoms with van der Waals surface area (Å²) >= 11 is 0. The molecule has 0 aromatic carbocycles. The number of rotatable bonds is 4. The maximum atomic E-state index is 2.77. The Morgan fingerprint density at radius 2 is 1.14 bits per heavy atom. The van der Waals surface area contributed by atoms with Gasteiger partial charge in [-0.3, -0.25) is 0 Å². The van der Waals surface area contributed by atoms with Gasteiger partial charge in [0.05, 0.1) is 0 Å². The highest BCUT2D eigenvalue weighted by molar-refractivity contribution is 5.46. The van der Waals surface area contributed by atoms with Crippen LogP contribution >= 0.6 is 0 Å². The van der Waals surface area contributed by atoms with Crippen molar-refractivity contribution in [2.75, 3.05) is 0 Å². The van der Waals surface area contributed by atoms with Gasteiger partial charge in [-0.15, -0.1) is 0 Å². The van der Waals surface area contributed by atoms with Gasteiger partial charge in [0.1, 0.15) is 0 Å². The first-order chi connectivity index (χ1) is 10.8. The van der Waals surface area contributed by atoms with Crippen molar-refractivity contribution in [3.63, 3.8) is 0 Å². The zero-order valence-electron chi connectivity index (χ0n) is 14.7. The van der Waals surface area contributed by atoms with E-state index in [0.717, 1.165) is 29.1 Å². The maximum absolute atomic E-state index is 2.77. The molecule has 5 saturated carbocycles. The molecule has 1 radical (unpaired) electrons. The highest BCUT2D eigenvalue weighted by Gasteiger charge is 2.82. The highest BCUT2D eigenvalue weighted by Crippen LogP contribution is 2.88. The van der Waals surface area contributed by atoms with Gasteiger partial charge in [0.25, 0.3) is 0 Å². The third-order valence-electron chi connectivity index (χ3n) is 8.96. The molecule has 22 heavy (non-hydrogen) atoms. The van der Waals surface area contributed by atoms with Crippen LogP contribution in [0, 0.1) is 40.4 Å². The SMILES string of the molecule is CC1(C2CC2)[C](C2CCC2)C1(C1CCCCC1)C1CCCC1. The predicted molar refractivity (Wildman–Crippen MR) is 92.4 cm³/mol. The van der Waals surface area contributed by atoms with Gasteiger partial charge in [-0.2, -0.15) is 0 Å². The summed E-state index contributed by atoms with van der Waals surface area (Å²) in [5.41, 5.74) is 1.45. The predicted octanol–water partition coefficient (Wildman–Crippen LogP) is 6.55. The Kier molecular flexibility index (Phi) is 3.26. The summed E-state index contributed by atoms with van der Waals surface area (Å²) in [6.45, 7) is 2.77. The molecule has 0 heterocycles. The fraction of sp³-hybridized carbons (Fsp3) is 0.955. The second-order valence-corrected chi connectivity index (χ2v) is 9.70. The Morgan fingerprint density at radius 1 is 0.591 bits per heavy atom. The molecule has 0 aromatic rings. The fourth-order valence-electron chi connectivity index (χ4n) is 7.87. The summed E-state index contributed by atoms with van der Waals surface area (Å²) in [7, 11) is 0. The third-order valence-corrected chi connectivity index (χ3v) is 8.96. The van der Waals surface area contributed by atoms with Crippen LogP contribution in [0.2, 0.25) is 0 Å². The van der Waals surface area contributed by atoms with Gasteiger partial charge >= 0.3 is 0 Å². The summed E-state index contributed by atoms with van der Waals surface area (Å²) in [5, 5.41) is 0. The molecule has 0 aliphatic heterocycles. The maximum Gasteiger partial charge on any atom is -0.00693 e. The van der Waals surface area contributed by atoms with E-state index < -0.39 is 0 Å². The van der Waals surface area contributed by atoms with Gasteiger partial charge in [0.2, 0.25) is 0 Å². The van der Waals surface area contributed by atoms with E-state index in [0.29, 0.717) is 5.41 Å². The first kappa shape index (κ1) is 14.4. The summed E-state index contributed by atoms with van der Waals surface area (Å²) in [6, 6.07) is 0. The lowest BCUT2D eigenvalue weighted by Gasteiger charge is -2.40. The highest BCUT2D eigenvalue weighted by atomic mass is 14.9. The monoisotopic (exact) mass is 299 g/mol. The molecule has 5 fully saturated rings. The minimum atomic E-state index is 0.703. The summed E-state index contributed by atoms with van der Waals surface area (Å²) in [4.78, 5) is 0. The van der Waals surface area contributed by atoms with E-state index in [2.05, 4.69) is 12.8 Å². The molecule has 0 aromatic heterocycles. The summed E-state index contributed by atoms with van der Waals surface area (Å²) < 4.78 is 0. The average molecular weight is 300 g/mol. The Bertz CT molecular complexity index is 419. The van der Waals surface area contributed by atoms with E-state index in [-0.39, 0.29) is 0 Å². The van der Waals surface area contributed by atoms with Crippen molar-refractivity contribution in [2.45, 2.75) is 96.8 Å². The van der Waals surface area contributed by atoms with Crippen molar-refractivity contribution >= 4 is 0 Å². The second kappa shape index (κ2) is 5.00. The van der Waals surface area contributed by atoms with Crippen LogP contribution in [0.4, 0.5) is 0 Å². The first-order valence-electron chi connectivity index (χ1n) is 10.7. The molecule has 5 aliphatic carbocycles. The molecule has 0 saturated heterocycles. The Labute approximate surface area is 137 Å². The van der Waals surface area contributed by atoms with E-state index in [1.54, 1.807) is 51.4 Å². The van der Waals surface area contributed by atoms with Crippen LogP contribution in [0.25, 0.3) is 0 Å². The molecule has 0 N–H and O–H groups in total. The van der Waals surface area contributed by atoms with Crippen LogP contribution in [0.5, 0.6) is 0 Å². The minimum Gasteiger partial charge on any atom is -0.0582 e. The molecule has 0 amide bonds. The van der Waals surface area contributed by atoms with Gasteiger partial charge in [-0.25, -0.2) is 0 Å². The topological polar surface area (TPSA) is 0 Å². The molecular weight excluding hydrogens is 264 g/mol. The van der Waals surface area contributed by atoms with Crippen molar-refractivity contribution in [2.24, 2.45) is 34.5 Å². The molecule has 2 atom stereocenters. The Hall–Kier alpha value is 0. The summed E-state index contributed by atoms with van der Waals surface area (Å²) in [5.74, 6) is 6.52. The average Bonchev–Trinajstić information content (AvgIpc) is 3.36. The van der Waals surface area contributed by atoms with Gasteiger partial charge in [-0.05, 0) is 91.8 Å². The van der Waals surface area contributed by atoms with Crippen molar-refractivity contribution in [1.29, 1.82) is 0 Å². The number of hydrogen-bond donors (Lipinski definition) is 0. The first-order valence-corrected chi connectivity index (χ1v) is 10.7. The zero-order chi connectivity index (χ0) is 14.8.